The van der Waals surface area contributed by atoms with Crippen LogP contribution in [0.2, 0.25) is 0 Å². The van der Waals surface area contributed by atoms with Gasteiger partial charge in [0.15, 0.2) is 0 Å². The Balaban J connectivity index is 3.17. The van der Waals surface area contributed by atoms with E-state index in [0.717, 1.165) is 0 Å². The van der Waals surface area contributed by atoms with Crippen molar-refractivity contribution >= 4 is 27.6 Å². The third kappa shape index (κ3) is 3.36. The monoisotopic (exact) mass is 308 g/mol. The maximum Gasteiger partial charge on any atom is 0.311 e. The van der Waals surface area contributed by atoms with Gasteiger partial charge in [0.1, 0.15) is 5.69 Å². The Bertz CT molecular complexity index is 427. The molecule has 0 saturated heterocycles. The maximum absolute atomic E-state index is 12.6. The van der Waals surface area contributed by atoms with Crippen LogP contribution in [0, 0.1) is 0 Å². The van der Waals surface area contributed by atoms with Crippen molar-refractivity contribution in [2.45, 2.75) is 18.2 Å². The largest absolute Gasteiger partial charge is 0.469 e. The third-order valence-electron chi connectivity index (χ3n) is 2.15. The molecule has 0 spiro atoms. The van der Waals surface area contributed by atoms with Crippen LogP contribution < -0.4 is 5.73 Å². The Labute approximate surface area is 105 Å². The second kappa shape index (κ2) is 5.90. The van der Waals surface area contributed by atoms with Gasteiger partial charge in [-0.15, -0.1) is 0 Å². The minimum Gasteiger partial charge on any atom is -0.469 e. The number of ether oxygens (including phenoxy) is 1. The van der Waals surface area contributed by atoms with Crippen LogP contribution in [-0.2, 0) is 21.3 Å². The summed E-state index contributed by atoms with van der Waals surface area (Å²) in [7, 11) is 1.21. The fourth-order valence-corrected chi connectivity index (χ4v) is 1.72. The first-order valence-electron chi connectivity index (χ1n) is 4.68. The zero-order valence-electron chi connectivity index (χ0n) is 9.04. The summed E-state index contributed by atoms with van der Waals surface area (Å²) in [6, 6.07) is 1.22. The van der Waals surface area contributed by atoms with Crippen LogP contribution in [0.1, 0.15) is 23.4 Å². The number of anilines is 1. The highest BCUT2D eigenvalue weighted by Gasteiger charge is 2.17. The zero-order chi connectivity index (χ0) is 13.0. The Morgan fingerprint density at radius 1 is 1.65 bits per heavy atom. The van der Waals surface area contributed by atoms with Gasteiger partial charge in [-0.05, 0) is 11.6 Å². The Kier molecular flexibility index (Phi) is 4.80. The molecule has 94 valence electrons. The van der Waals surface area contributed by atoms with Gasteiger partial charge in [-0.1, -0.05) is 15.9 Å². The number of pyridine rings is 1. The molecule has 0 amide bonds. The van der Waals surface area contributed by atoms with Gasteiger partial charge in [0.05, 0.1) is 24.9 Å². The van der Waals surface area contributed by atoms with E-state index in [1.54, 1.807) is 0 Å². The summed E-state index contributed by atoms with van der Waals surface area (Å²) in [5.41, 5.74) is 6.15. The number of esters is 1. The highest BCUT2D eigenvalue weighted by atomic mass is 79.9. The van der Waals surface area contributed by atoms with Crippen LogP contribution in [0.5, 0.6) is 0 Å². The number of nitrogens with two attached hydrogens (primary N) is 1. The lowest BCUT2D eigenvalue weighted by molar-refractivity contribution is -0.139. The number of halogens is 3. The molecule has 1 aromatic rings. The van der Waals surface area contributed by atoms with Gasteiger partial charge < -0.3 is 10.5 Å². The predicted molar refractivity (Wildman–Crippen MR) is 62.0 cm³/mol. The predicted octanol–water partition coefficient (Wildman–Crippen LogP) is 2.21. The molecular formula is C10H11BrF2N2O2. The number of carbonyl (C=O) groups is 1. The number of hydrogen-bond acceptors (Lipinski definition) is 4. The smallest absolute Gasteiger partial charge is 0.311 e. The average Bonchev–Trinajstić information content (AvgIpc) is 2.31. The molecule has 0 fully saturated rings. The van der Waals surface area contributed by atoms with E-state index in [1.807, 2.05) is 0 Å². The first kappa shape index (κ1) is 13.8. The molecule has 0 aliphatic carbocycles. The molecule has 0 radical (unpaired) electrons. The molecule has 1 heterocycles. The van der Waals surface area contributed by atoms with Crippen LogP contribution in [0.4, 0.5) is 14.5 Å². The Hall–Kier alpha value is -1.24. The van der Waals surface area contributed by atoms with E-state index in [9.17, 15) is 13.6 Å². The second-order valence-electron chi connectivity index (χ2n) is 3.25. The summed E-state index contributed by atoms with van der Waals surface area (Å²) in [5.74, 6) is -0.573. The van der Waals surface area contributed by atoms with Crippen molar-refractivity contribution in [3.05, 3.63) is 23.0 Å². The number of nitrogen functional groups attached to an aromatic ring is 1. The fraction of sp³-hybridized carbons (Fsp3) is 0.400. The van der Waals surface area contributed by atoms with Crippen molar-refractivity contribution in [3.8, 4) is 0 Å². The zero-order valence-corrected chi connectivity index (χ0v) is 10.6. The minimum atomic E-state index is -2.70. The molecule has 4 nitrogen and oxygen atoms in total. The van der Waals surface area contributed by atoms with Gasteiger partial charge in [0.2, 0.25) is 0 Å². The first-order chi connectivity index (χ1) is 7.99. The molecule has 0 aliphatic rings. The molecule has 0 unspecified atom stereocenters. The van der Waals surface area contributed by atoms with Crippen LogP contribution in [-0.4, -0.2) is 18.1 Å². The van der Waals surface area contributed by atoms with E-state index in [0.29, 0.717) is 10.9 Å². The maximum atomic E-state index is 12.6. The summed E-state index contributed by atoms with van der Waals surface area (Å²) < 4.78 is 29.6. The second-order valence-corrected chi connectivity index (χ2v) is 3.81. The quantitative estimate of drug-likeness (QED) is 0.684. The van der Waals surface area contributed by atoms with Crippen LogP contribution in [0.15, 0.2) is 6.07 Å². The first-order valence-corrected chi connectivity index (χ1v) is 5.80. The number of hydrogen-bond donors (Lipinski definition) is 1. The molecule has 0 bridgehead atoms. The van der Waals surface area contributed by atoms with Crippen LogP contribution in [0.25, 0.3) is 0 Å². The van der Waals surface area contributed by atoms with E-state index >= 15 is 0 Å². The van der Waals surface area contributed by atoms with Gasteiger partial charge in [-0.3, -0.25) is 4.79 Å². The van der Waals surface area contributed by atoms with Gasteiger partial charge in [0.25, 0.3) is 6.43 Å². The third-order valence-corrected chi connectivity index (χ3v) is 2.75. The van der Waals surface area contributed by atoms with Crippen molar-refractivity contribution in [2.24, 2.45) is 0 Å². The number of nitrogens with zero attached hydrogens (tertiary/aromatic N) is 1. The summed E-state index contributed by atoms with van der Waals surface area (Å²) in [6.45, 7) is 0. The van der Waals surface area contributed by atoms with Crippen LogP contribution >= 0.6 is 15.9 Å². The number of rotatable bonds is 4. The van der Waals surface area contributed by atoms with Gasteiger partial charge >= 0.3 is 5.97 Å². The summed E-state index contributed by atoms with van der Waals surface area (Å²) in [4.78, 5) is 14.8. The van der Waals surface area contributed by atoms with E-state index in [1.165, 1.54) is 13.2 Å². The minimum absolute atomic E-state index is 0.115. The highest BCUT2D eigenvalue weighted by molar-refractivity contribution is 9.08. The lowest BCUT2D eigenvalue weighted by Gasteiger charge is -2.10. The SMILES string of the molecule is COC(=O)Cc1nc(C(F)F)cc(CBr)c1N. The lowest BCUT2D eigenvalue weighted by Crippen LogP contribution is -2.11. The number of methoxy groups -OCH3 is 1. The van der Waals surface area contributed by atoms with E-state index in [4.69, 9.17) is 5.73 Å². The van der Waals surface area contributed by atoms with Crippen molar-refractivity contribution in [3.63, 3.8) is 0 Å². The van der Waals surface area contributed by atoms with Crippen molar-refractivity contribution in [1.29, 1.82) is 0 Å². The van der Waals surface area contributed by atoms with E-state index in [2.05, 4.69) is 25.7 Å². The summed E-state index contributed by atoms with van der Waals surface area (Å²) in [5, 5.41) is 0.315. The molecular weight excluding hydrogens is 298 g/mol. The number of alkyl halides is 3. The lowest BCUT2D eigenvalue weighted by atomic mass is 10.1. The van der Waals surface area contributed by atoms with Gasteiger partial charge in [0, 0.05) is 5.33 Å². The molecule has 1 rings (SSSR count). The molecule has 2 N–H and O–H groups in total. The number of aromatic nitrogens is 1. The highest BCUT2D eigenvalue weighted by Crippen LogP contribution is 2.25. The normalized spacial score (nSPS) is 10.6. The number of carbonyl (C=O) groups excluding carboxylic acids is 1. The summed E-state index contributed by atoms with van der Waals surface area (Å²) in [6.07, 6.45) is -2.92. The molecule has 17 heavy (non-hydrogen) atoms. The molecule has 1 aromatic heterocycles. The van der Waals surface area contributed by atoms with Crippen molar-refractivity contribution in [1.82, 2.24) is 4.98 Å². The Morgan fingerprint density at radius 3 is 2.76 bits per heavy atom. The van der Waals surface area contributed by atoms with Crippen LogP contribution in [0.3, 0.4) is 0 Å². The van der Waals surface area contributed by atoms with Crippen molar-refractivity contribution in [2.75, 3.05) is 12.8 Å². The standard InChI is InChI=1S/C10H11BrF2N2O2/c1-17-8(16)3-6-9(14)5(4-11)2-7(15-6)10(12)13/h2,10H,3-4,14H2,1H3. The van der Waals surface area contributed by atoms with Gasteiger partial charge in [-0.2, -0.15) is 0 Å². The molecule has 0 saturated carbocycles. The Morgan fingerprint density at radius 2 is 2.29 bits per heavy atom. The topological polar surface area (TPSA) is 65.2 Å². The van der Waals surface area contributed by atoms with Gasteiger partial charge in [-0.25, -0.2) is 13.8 Å². The molecule has 0 atom stereocenters. The van der Waals surface area contributed by atoms with E-state index < -0.39 is 18.1 Å². The summed E-state index contributed by atoms with van der Waals surface area (Å²) >= 11 is 3.14. The van der Waals surface area contributed by atoms with Crippen molar-refractivity contribution < 1.29 is 18.3 Å². The molecule has 7 heteroatoms. The average molecular weight is 309 g/mol. The fourth-order valence-electron chi connectivity index (χ4n) is 1.26. The molecule has 0 aromatic carbocycles. The van der Waals surface area contributed by atoms with E-state index in [-0.39, 0.29) is 17.8 Å². The molecule has 0 aliphatic heterocycles.